The highest BCUT2D eigenvalue weighted by molar-refractivity contribution is 5.66. The van der Waals surface area contributed by atoms with Gasteiger partial charge in [-0.1, -0.05) is 38.8 Å². The Labute approximate surface area is 157 Å². The predicted octanol–water partition coefficient (Wildman–Crippen LogP) is 4.89. The summed E-state index contributed by atoms with van der Waals surface area (Å²) in [4.78, 5) is 11.5. The summed E-state index contributed by atoms with van der Waals surface area (Å²) in [5, 5.41) is 0. The number of carbonyl (C=O) groups is 1. The molecule has 1 saturated heterocycles. The molecule has 1 heterocycles. The van der Waals surface area contributed by atoms with Crippen molar-refractivity contribution in [2.45, 2.75) is 91.0 Å². The van der Waals surface area contributed by atoms with Gasteiger partial charge < -0.3 is 9.47 Å². The number of esters is 1. The first-order chi connectivity index (χ1) is 12.4. The zero-order valence-corrected chi connectivity index (χ0v) is 16.8. The first-order valence-electron chi connectivity index (χ1n) is 10.9. The molecule has 144 valence electrons. The molecule has 4 fully saturated rings. The van der Waals surface area contributed by atoms with Gasteiger partial charge in [0.1, 0.15) is 12.2 Å². The van der Waals surface area contributed by atoms with Gasteiger partial charge in [-0.2, -0.15) is 0 Å². The normalized spacial score (nSPS) is 54.3. The average molecular weight is 359 g/mol. The van der Waals surface area contributed by atoms with Gasteiger partial charge in [0.05, 0.1) is 6.10 Å². The molecule has 3 nitrogen and oxygen atoms in total. The molecule has 5 rings (SSSR count). The van der Waals surface area contributed by atoms with E-state index in [4.69, 9.17) is 9.47 Å². The van der Waals surface area contributed by atoms with Crippen molar-refractivity contribution in [2.24, 2.45) is 34.5 Å². The molecule has 0 aromatic rings. The number of rotatable bonds is 2. The Balaban J connectivity index is 1.45. The average Bonchev–Trinajstić information content (AvgIpc) is 3.33. The van der Waals surface area contributed by atoms with Gasteiger partial charge >= 0.3 is 5.97 Å². The number of hydrogen-bond acceptors (Lipinski definition) is 3. The fourth-order valence-electron chi connectivity index (χ4n) is 8.12. The summed E-state index contributed by atoms with van der Waals surface area (Å²) in [5.41, 5.74) is 2.27. The minimum atomic E-state index is -0.174. The van der Waals surface area contributed by atoms with Gasteiger partial charge in [0.25, 0.3) is 0 Å². The van der Waals surface area contributed by atoms with E-state index in [0.29, 0.717) is 5.41 Å². The predicted molar refractivity (Wildman–Crippen MR) is 100 cm³/mol. The number of carbonyl (C=O) groups excluding carboxylic acids is 1. The molecule has 0 spiro atoms. The molecule has 0 aromatic carbocycles. The van der Waals surface area contributed by atoms with Crippen molar-refractivity contribution in [3.05, 3.63) is 11.6 Å². The van der Waals surface area contributed by atoms with Crippen molar-refractivity contribution in [1.29, 1.82) is 0 Å². The minimum absolute atomic E-state index is 0.0572. The summed E-state index contributed by atoms with van der Waals surface area (Å²) in [6.45, 7) is 8.98. The molecule has 3 saturated carbocycles. The Morgan fingerprint density at radius 2 is 2.08 bits per heavy atom. The van der Waals surface area contributed by atoms with Crippen molar-refractivity contribution in [1.82, 2.24) is 0 Å². The third kappa shape index (κ3) is 2.13. The number of epoxide rings is 1. The molecule has 3 heteroatoms. The van der Waals surface area contributed by atoms with E-state index in [9.17, 15) is 4.79 Å². The van der Waals surface area contributed by atoms with Gasteiger partial charge in [-0.3, -0.25) is 4.79 Å². The van der Waals surface area contributed by atoms with Gasteiger partial charge in [-0.05, 0) is 61.2 Å². The van der Waals surface area contributed by atoms with Gasteiger partial charge in [0.2, 0.25) is 0 Å². The largest absolute Gasteiger partial charge is 0.459 e. The third-order valence-electron chi connectivity index (χ3n) is 9.45. The van der Waals surface area contributed by atoms with Crippen LogP contribution in [0.4, 0.5) is 0 Å². The first-order valence-corrected chi connectivity index (χ1v) is 10.9. The zero-order chi connectivity index (χ0) is 18.3. The van der Waals surface area contributed by atoms with E-state index in [-0.39, 0.29) is 29.7 Å². The van der Waals surface area contributed by atoms with Crippen LogP contribution in [0.25, 0.3) is 0 Å². The Hall–Kier alpha value is -0.830. The summed E-state index contributed by atoms with van der Waals surface area (Å²) >= 11 is 0. The lowest BCUT2D eigenvalue weighted by atomic mass is 9.47. The van der Waals surface area contributed by atoms with Crippen LogP contribution in [0.2, 0.25) is 0 Å². The molecule has 0 radical (unpaired) electrons. The molecule has 0 amide bonds. The van der Waals surface area contributed by atoms with E-state index < -0.39 is 0 Å². The number of hydrogen-bond donors (Lipinski definition) is 0. The molecular weight excluding hydrogens is 324 g/mol. The maximum Gasteiger partial charge on any atom is 0.303 e. The van der Waals surface area contributed by atoms with Gasteiger partial charge in [0.15, 0.2) is 0 Å². The van der Waals surface area contributed by atoms with Crippen LogP contribution in [0.3, 0.4) is 0 Å². The molecule has 1 unspecified atom stereocenters. The molecule has 0 aromatic heterocycles. The highest BCUT2D eigenvalue weighted by atomic mass is 16.6. The van der Waals surface area contributed by atoms with E-state index in [1.807, 2.05) is 0 Å². The Morgan fingerprint density at radius 1 is 1.27 bits per heavy atom. The van der Waals surface area contributed by atoms with E-state index in [1.165, 1.54) is 51.0 Å². The fraction of sp³-hybridized carbons (Fsp3) is 0.870. The Morgan fingerprint density at radius 3 is 2.81 bits per heavy atom. The van der Waals surface area contributed by atoms with E-state index in [2.05, 4.69) is 26.8 Å². The molecule has 4 aliphatic carbocycles. The molecule has 26 heavy (non-hydrogen) atoms. The van der Waals surface area contributed by atoms with Crippen LogP contribution >= 0.6 is 0 Å². The van der Waals surface area contributed by atoms with Crippen LogP contribution in [-0.4, -0.2) is 24.3 Å². The van der Waals surface area contributed by atoms with E-state index in [1.54, 1.807) is 0 Å². The van der Waals surface area contributed by atoms with Crippen molar-refractivity contribution in [3.8, 4) is 0 Å². The molecule has 0 bridgehead atoms. The van der Waals surface area contributed by atoms with Gasteiger partial charge in [-0.15, -0.1) is 0 Å². The summed E-state index contributed by atoms with van der Waals surface area (Å²) in [5.74, 6) is 3.23. The molecule has 5 aliphatic rings. The monoisotopic (exact) mass is 358 g/mol. The quantitative estimate of drug-likeness (QED) is 0.400. The van der Waals surface area contributed by atoms with E-state index in [0.717, 1.165) is 30.1 Å². The van der Waals surface area contributed by atoms with Crippen LogP contribution in [0, 0.1) is 34.5 Å². The highest BCUT2D eigenvalue weighted by Gasteiger charge is 2.68. The van der Waals surface area contributed by atoms with Crippen molar-refractivity contribution in [3.63, 3.8) is 0 Å². The van der Waals surface area contributed by atoms with Gasteiger partial charge in [0, 0.05) is 18.8 Å². The SMILES string of the molecule is CC[C@H]1CC[C@H]2[C@@H]3CC=C4C[C@@H](OC(C)=O)[C@@H]5OC5[C@]4(C)[C@H]3CC[C@]12C. The number of ether oxygens (including phenoxy) is 2. The molecular formula is C23H34O3. The van der Waals surface area contributed by atoms with E-state index >= 15 is 0 Å². The van der Waals surface area contributed by atoms with Crippen molar-refractivity contribution in [2.75, 3.05) is 0 Å². The van der Waals surface area contributed by atoms with Crippen molar-refractivity contribution < 1.29 is 14.3 Å². The number of fused-ring (bicyclic) bond motifs is 7. The topological polar surface area (TPSA) is 38.8 Å². The molecule has 9 atom stereocenters. The Bertz CT molecular complexity index is 654. The van der Waals surface area contributed by atoms with Crippen molar-refractivity contribution >= 4 is 5.97 Å². The Kier molecular flexibility index (Phi) is 3.72. The van der Waals surface area contributed by atoms with Crippen LogP contribution in [0.15, 0.2) is 11.6 Å². The second-order valence-electron chi connectivity index (χ2n) is 10.2. The summed E-state index contributed by atoms with van der Waals surface area (Å²) < 4.78 is 11.8. The highest BCUT2D eigenvalue weighted by Crippen LogP contribution is 2.68. The van der Waals surface area contributed by atoms with Crippen LogP contribution in [0.5, 0.6) is 0 Å². The lowest BCUT2D eigenvalue weighted by Gasteiger charge is -2.57. The maximum atomic E-state index is 11.5. The van der Waals surface area contributed by atoms with Crippen LogP contribution in [-0.2, 0) is 14.3 Å². The zero-order valence-electron chi connectivity index (χ0n) is 16.8. The molecule has 1 aliphatic heterocycles. The second kappa shape index (κ2) is 5.59. The lowest BCUT2D eigenvalue weighted by molar-refractivity contribution is -0.148. The summed E-state index contributed by atoms with van der Waals surface area (Å²) in [7, 11) is 0. The van der Waals surface area contributed by atoms with Crippen LogP contribution in [0.1, 0.15) is 72.6 Å². The lowest BCUT2D eigenvalue weighted by Crippen LogP contribution is -2.53. The van der Waals surface area contributed by atoms with Gasteiger partial charge in [-0.25, -0.2) is 0 Å². The minimum Gasteiger partial charge on any atom is -0.459 e. The standard InChI is InChI=1S/C23H34O3/c1-5-14-7-9-17-16-8-6-15-12-19(25-13(2)24)20-21(26-20)23(15,4)18(16)10-11-22(14,17)3/h6,14,16-21H,5,7-12H2,1-4H3/t14-,16-,17-,18-,19+,20-,21?,22+,23-/m0/s1. The smallest absolute Gasteiger partial charge is 0.303 e. The fourth-order valence-corrected chi connectivity index (χ4v) is 8.12. The maximum absolute atomic E-state index is 11.5. The first kappa shape index (κ1) is 17.3. The summed E-state index contributed by atoms with van der Waals surface area (Å²) in [6.07, 6.45) is 12.0. The van der Waals surface area contributed by atoms with Crippen LogP contribution < -0.4 is 0 Å². The number of allylic oxidation sites excluding steroid dienone is 1. The third-order valence-corrected chi connectivity index (χ3v) is 9.45. The summed E-state index contributed by atoms with van der Waals surface area (Å²) in [6, 6.07) is 0. The molecule has 0 N–H and O–H groups in total. The second-order valence-corrected chi connectivity index (χ2v) is 10.2.